The zero-order valence-corrected chi connectivity index (χ0v) is 14.5. The Kier molecular flexibility index (Phi) is 4.90. The van der Waals surface area contributed by atoms with Crippen LogP contribution in [-0.2, 0) is 4.74 Å². The maximum absolute atomic E-state index is 12.3. The molecule has 1 saturated heterocycles. The molecule has 1 aromatic heterocycles. The largest absolute Gasteiger partial charge is 0.466 e. The van der Waals surface area contributed by atoms with Crippen LogP contribution >= 0.6 is 0 Å². The van der Waals surface area contributed by atoms with Crippen LogP contribution in [0.2, 0.25) is 0 Å². The number of hydrogen-bond acceptors (Lipinski definition) is 4. The van der Waals surface area contributed by atoms with Crippen LogP contribution < -0.4 is 10.2 Å². The SMILES string of the molecule is COC1CCN(c2ccc(NC(=O)c3cc(C)oc3C)cc2)CC1. The van der Waals surface area contributed by atoms with Gasteiger partial charge in [-0.3, -0.25) is 4.79 Å². The van der Waals surface area contributed by atoms with Crippen LogP contribution in [0.25, 0.3) is 0 Å². The minimum atomic E-state index is -0.141. The monoisotopic (exact) mass is 328 g/mol. The fourth-order valence-corrected chi connectivity index (χ4v) is 3.16. The molecule has 0 radical (unpaired) electrons. The summed E-state index contributed by atoms with van der Waals surface area (Å²) in [7, 11) is 1.78. The molecular weight excluding hydrogens is 304 g/mol. The van der Waals surface area contributed by atoms with Gasteiger partial charge < -0.3 is 19.4 Å². The Bertz CT molecular complexity index is 698. The standard InChI is InChI=1S/C19H24N2O3/c1-13-12-18(14(2)24-13)19(22)20-15-4-6-16(7-5-15)21-10-8-17(23-3)9-11-21/h4-7,12,17H,8-11H2,1-3H3,(H,20,22). The summed E-state index contributed by atoms with van der Waals surface area (Å²) in [4.78, 5) is 14.7. The second kappa shape index (κ2) is 7.09. The quantitative estimate of drug-likeness (QED) is 0.928. The molecule has 128 valence electrons. The number of carbonyl (C=O) groups is 1. The number of furan rings is 1. The van der Waals surface area contributed by atoms with Crippen molar-refractivity contribution in [2.24, 2.45) is 0 Å². The molecule has 0 bridgehead atoms. The summed E-state index contributed by atoms with van der Waals surface area (Å²) in [5.74, 6) is 1.24. The van der Waals surface area contributed by atoms with E-state index in [0.29, 0.717) is 17.4 Å². The number of anilines is 2. The maximum Gasteiger partial charge on any atom is 0.259 e. The lowest BCUT2D eigenvalue weighted by molar-refractivity contribution is 0.0819. The molecule has 24 heavy (non-hydrogen) atoms. The highest BCUT2D eigenvalue weighted by atomic mass is 16.5. The van der Waals surface area contributed by atoms with Crippen LogP contribution in [0.4, 0.5) is 11.4 Å². The number of methoxy groups -OCH3 is 1. The van der Waals surface area contributed by atoms with Gasteiger partial charge in [0.2, 0.25) is 0 Å². The molecule has 2 heterocycles. The molecule has 1 aliphatic heterocycles. The van der Waals surface area contributed by atoms with Crippen LogP contribution in [0.1, 0.15) is 34.7 Å². The van der Waals surface area contributed by atoms with E-state index in [2.05, 4.69) is 22.3 Å². The van der Waals surface area contributed by atoms with Gasteiger partial charge in [0, 0.05) is 31.6 Å². The van der Waals surface area contributed by atoms with E-state index in [-0.39, 0.29) is 5.91 Å². The van der Waals surface area contributed by atoms with Crippen molar-refractivity contribution < 1.29 is 13.9 Å². The first-order valence-electron chi connectivity index (χ1n) is 8.33. The second-order valence-electron chi connectivity index (χ2n) is 6.25. The summed E-state index contributed by atoms with van der Waals surface area (Å²) in [5, 5.41) is 2.92. The molecule has 2 aromatic rings. The van der Waals surface area contributed by atoms with Crippen molar-refractivity contribution in [3.05, 3.63) is 47.4 Å². The zero-order chi connectivity index (χ0) is 17.1. The summed E-state index contributed by atoms with van der Waals surface area (Å²) in [6, 6.07) is 9.75. The number of ether oxygens (including phenoxy) is 1. The van der Waals surface area contributed by atoms with Crippen molar-refractivity contribution in [3.8, 4) is 0 Å². The Labute approximate surface area is 142 Å². The van der Waals surface area contributed by atoms with E-state index in [1.165, 1.54) is 5.69 Å². The first kappa shape index (κ1) is 16.6. The van der Waals surface area contributed by atoms with Crippen LogP contribution in [0, 0.1) is 13.8 Å². The third-order valence-corrected chi connectivity index (χ3v) is 4.55. The zero-order valence-electron chi connectivity index (χ0n) is 14.5. The first-order valence-corrected chi connectivity index (χ1v) is 8.33. The molecule has 1 fully saturated rings. The molecule has 1 amide bonds. The third kappa shape index (κ3) is 3.62. The average Bonchev–Trinajstić information content (AvgIpc) is 2.94. The Morgan fingerprint density at radius 1 is 1.21 bits per heavy atom. The van der Waals surface area contributed by atoms with Gasteiger partial charge in [-0.05, 0) is 57.0 Å². The first-order chi connectivity index (χ1) is 11.6. The molecule has 0 unspecified atom stereocenters. The fraction of sp³-hybridized carbons (Fsp3) is 0.421. The molecule has 0 atom stereocenters. The summed E-state index contributed by atoms with van der Waals surface area (Å²) in [6.45, 7) is 5.63. The minimum absolute atomic E-state index is 0.141. The minimum Gasteiger partial charge on any atom is -0.466 e. The maximum atomic E-state index is 12.3. The third-order valence-electron chi connectivity index (χ3n) is 4.55. The average molecular weight is 328 g/mol. The van der Waals surface area contributed by atoms with Crippen LogP contribution in [-0.4, -0.2) is 32.2 Å². The number of carbonyl (C=O) groups excluding carboxylic acids is 1. The highest BCUT2D eigenvalue weighted by Crippen LogP contribution is 2.23. The molecule has 0 saturated carbocycles. The number of nitrogens with zero attached hydrogens (tertiary/aromatic N) is 1. The van der Waals surface area contributed by atoms with Gasteiger partial charge in [0.25, 0.3) is 5.91 Å². The van der Waals surface area contributed by atoms with Gasteiger partial charge in [0.1, 0.15) is 11.5 Å². The van der Waals surface area contributed by atoms with Gasteiger partial charge in [-0.15, -0.1) is 0 Å². The van der Waals surface area contributed by atoms with E-state index >= 15 is 0 Å². The summed E-state index contributed by atoms with van der Waals surface area (Å²) < 4.78 is 10.8. The lowest BCUT2D eigenvalue weighted by atomic mass is 10.1. The second-order valence-corrected chi connectivity index (χ2v) is 6.25. The molecular formula is C19H24N2O3. The molecule has 5 nitrogen and oxygen atoms in total. The number of aryl methyl sites for hydroxylation is 2. The molecule has 1 aromatic carbocycles. The van der Waals surface area contributed by atoms with Crippen LogP contribution in [0.3, 0.4) is 0 Å². The van der Waals surface area contributed by atoms with E-state index in [1.54, 1.807) is 20.1 Å². The lowest BCUT2D eigenvalue weighted by Gasteiger charge is -2.33. The summed E-state index contributed by atoms with van der Waals surface area (Å²) in [5.41, 5.74) is 2.55. The predicted octanol–water partition coefficient (Wildman–Crippen LogP) is 3.76. The van der Waals surface area contributed by atoms with Gasteiger partial charge in [-0.1, -0.05) is 0 Å². The van der Waals surface area contributed by atoms with Crippen molar-refractivity contribution in [1.29, 1.82) is 0 Å². The van der Waals surface area contributed by atoms with Gasteiger partial charge in [-0.25, -0.2) is 0 Å². The van der Waals surface area contributed by atoms with E-state index in [9.17, 15) is 4.79 Å². The molecule has 1 N–H and O–H groups in total. The van der Waals surface area contributed by atoms with Gasteiger partial charge in [0.15, 0.2) is 0 Å². The Morgan fingerprint density at radius 2 is 1.88 bits per heavy atom. The van der Waals surface area contributed by atoms with Crippen molar-refractivity contribution >= 4 is 17.3 Å². The van der Waals surface area contributed by atoms with Gasteiger partial charge in [-0.2, -0.15) is 0 Å². The Hall–Kier alpha value is -2.27. The molecule has 5 heteroatoms. The number of nitrogens with one attached hydrogen (secondary N) is 1. The Balaban J connectivity index is 1.62. The molecule has 3 rings (SSSR count). The van der Waals surface area contributed by atoms with Crippen LogP contribution in [0.15, 0.2) is 34.7 Å². The molecule has 1 aliphatic rings. The number of hydrogen-bond donors (Lipinski definition) is 1. The molecule has 0 aliphatic carbocycles. The van der Waals surface area contributed by atoms with E-state index in [1.807, 2.05) is 19.1 Å². The fourth-order valence-electron chi connectivity index (χ4n) is 3.16. The highest BCUT2D eigenvalue weighted by molar-refractivity contribution is 6.05. The number of rotatable bonds is 4. The van der Waals surface area contributed by atoms with Crippen molar-refractivity contribution in [3.63, 3.8) is 0 Å². The Morgan fingerprint density at radius 3 is 2.42 bits per heavy atom. The highest BCUT2D eigenvalue weighted by Gasteiger charge is 2.19. The van der Waals surface area contributed by atoms with E-state index < -0.39 is 0 Å². The van der Waals surface area contributed by atoms with Crippen LogP contribution in [0.5, 0.6) is 0 Å². The number of amides is 1. The van der Waals surface area contributed by atoms with E-state index in [0.717, 1.165) is 37.4 Å². The molecule has 0 spiro atoms. The van der Waals surface area contributed by atoms with E-state index in [4.69, 9.17) is 9.15 Å². The topological polar surface area (TPSA) is 54.7 Å². The van der Waals surface area contributed by atoms with Crippen molar-refractivity contribution in [2.45, 2.75) is 32.8 Å². The van der Waals surface area contributed by atoms with Gasteiger partial charge in [0.05, 0.1) is 11.7 Å². The summed E-state index contributed by atoms with van der Waals surface area (Å²) >= 11 is 0. The summed E-state index contributed by atoms with van der Waals surface area (Å²) in [6.07, 6.45) is 2.48. The van der Waals surface area contributed by atoms with Crippen molar-refractivity contribution in [1.82, 2.24) is 0 Å². The van der Waals surface area contributed by atoms with Gasteiger partial charge >= 0.3 is 0 Å². The smallest absolute Gasteiger partial charge is 0.259 e. The number of benzene rings is 1. The lowest BCUT2D eigenvalue weighted by Crippen LogP contribution is -2.36. The predicted molar refractivity (Wildman–Crippen MR) is 94.8 cm³/mol. The van der Waals surface area contributed by atoms with Crippen molar-refractivity contribution in [2.75, 3.05) is 30.4 Å². The number of piperidine rings is 1. The normalized spacial score (nSPS) is 15.5.